The van der Waals surface area contributed by atoms with Gasteiger partial charge in [-0.25, -0.2) is 0 Å². The summed E-state index contributed by atoms with van der Waals surface area (Å²) >= 11 is 2.03. The molecule has 0 radical (unpaired) electrons. The lowest BCUT2D eigenvalue weighted by Gasteiger charge is -2.48. The summed E-state index contributed by atoms with van der Waals surface area (Å²) in [6, 6.07) is 42.9. The Bertz CT molecular complexity index is 3840. The Hall–Kier alpha value is -5.58. The molecule has 3 aliphatic carbocycles. The Labute approximate surface area is 466 Å². The summed E-state index contributed by atoms with van der Waals surface area (Å²) in [4.78, 5) is 5.54. The van der Waals surface area contributed by atoms with Crippen LogP contribution in [0.25, 0.3) is 31.3 Å². The summed E-state index contributed by atoms with van der Waals surface area (Å²) < 4.78 is 2.80. The molecule has 394 valence electrons. The molecule has 0 saturated carbocycles. The van der Waals surface area contributed by atoms with Gasteiger partial charge < -0.3 is 9.80 Å². The highest BCUT2D eigenvalue weighted by molar-refractivity contribution is 7.28. The monoisotopic (exact) mass is 1030 g/mol. The molecule has 0 amide bonds. The average molecular weight is 1030 g/mol. The van der Waals surface area contributed by atoms with E-state index in [0.29, 0.717) is 0 Å². The van der Waals surface area contributed by atoms with Gasteiger partial charge in [0.1, 0.15) is 0 Å². The Morgan fingerprint density at radius 2 is 0.935 bits per heavy atom. The Morgan fingerprint density at radius 1 is 0.429 bits per heavy atom. The topological polar surface area (TPSA) is 6.48 Å². The minimum Gasteiger partial charge on any atom is -0.311 e. The maximum atomic E-state index is 2.77. The van der Waals surface area contributed by atoms with Crippen molar-refractivity contribution < 1.29 is 0 Å². The van der Waals surface area contributed by atoms with Gasteiger partial charge in [0.2, 0.25) is 0 Å². The van der Waals surface area contributed by atoms with Crippen LogP contribution in [-0.2, 0) is 37.9 Å². The molecule has 77 heavy (non-hydrogen) atoms. The van der Waals surface area contributed by atoms with Gasteiger partial charge in [-0.1, -0.05) is 158 Å². The van der Waals surface area contributed by atoms with Gasteiger partial charge in [0, 0.05) is 48.9 Å². The second-order valence-electron chi connectivity index (χ2n) is 29.9. The van der Waals surface area contributed by atoms with E-state index in [1.165, 1.54) is 176 Å². The molecular weight excluding hydrogens is 948 g/mol. The van der Waals surface area contributed by atoms with E-state index in [9.17, 15) is 0 Å². The zero-order valence-electron chi connectivity index (χ0n) is 49.9. The second kappa shape index (κ2) is 16.3. The molecule has 5 aliphatic rings. The van der Waals surface area contributed by atoms with Crippen LogP contribution in [-0.4, -0.2) is 6.71 Å². The van der Waals surface area contributed by atoms with Crippen molar-refractivity contribution >= 4 is 88.7 Å². The van der Waals surface area contributed by atoms with Crippen molar-refractivity contribution in [3.05, 3.63) is 159 Å². The van der Waals surface area contributed by atoms with Crippen molar-refractivity contribution in [3.8, 4) is 11.1 Å². The summed E-state index contributed by atoms with van der Waals surface area (Å²) in [5.41, 5.74) is 29.5. The van der Waals surface area contributed by atoms with Crippen molar-refractivity contribution in [2.75, 3.05) is 9.80 Å². The first kappa shape index (κ1) is 50.9. The first-order valence-electron chi connectivity index (χ1n) is 29.3. The Balaban J connectivity index is 1.22. The molecule has 7 aromatic carbocycles. The SMILES string of the molecule is Cc1cc2c(cc1N1c3cc(-c4c(C)cccc4C)cc4c3B(c3cc5c(cc3N4c3ccc4c(c3)C(C)(C)CCC4(C)C)C(C)(C)CCC5(C)C)c3c1ccc1c3sc3cc(C(C)(C)C)ccc31)C(C)(C)CCC2(C)C. The van der Waals surface area contributed by atoms with E-state index < -0.39 is 0 Å². The fourth-order valence-corrected chi connectivity index (χ4v) is 16.8. The van der Waals surface area contributed by atoms with Crippen molar-refractivity contribution in [1.82, 2.24) is 0 Å². The van der Waals surface area contributed by atoms with Crippen molar-refractivity contribution in [2.24, 2.45) is 0 Å². The molecule has 2 aliphatic heterocycles. The van der Waals surface area contributed by atoms with Crippen LogP contribution in [0.1, 0.15) is 198 Å². The smallest absolute Gasteiger partial charge is 0.254 e. The number of hydrogen-bond acceptors (Lipinski definition) is 3. The molecule has 2 nitrogen and oxygen atoms in total. The maximum Gasteiger partial charge on any atom is 0.254 e. The normalized spacial score (nSPS) is 19.8. The minimum atomic E-state index is -0.0178. The van der Waals surface area contributed by atoms with E-state index in [1.54, 1.807) is 0 Å². The number of nitrogens with zero attached hydrogens (tertiary/aromatic N) is 2. The summed E-state index contributed by atoms with van der Waals surface area (Å²) in [5, 5.41) is 2.73. The third kappa shape index (κ3) is 7.45. The van der Waals surface area contributed by atoms with E-state index in [4.69, 9.17) is 0 Å². The summed E-state index contributed by atoms with van der Waals surface area (Å²) in [6.07, 6.45) is 7.06. The van der Waals surface area contributed by atoms with Gasteiger partial charge in [-0.05, 0) is 234 Å². The van der Waals surface area contributed by atoms with Crippen LogP contribution >= 0.6 is 11.3 Å². The minimum absolute atomic E-state index is 0.0178. The summed E-state index contributed by atoms with van der Waals surface area (Å²) in [6.45, 7) is 44.0. The molecule has 0 unspecified atom stereocenters. The van der Waals surface area contributed by atoms with E-state index in [1.807, 2.05) is 11.3 Å². The highest BCUT2D eigenvalue weighted by atomic mass is 32.1. The fraction of sp³-hybridized carbons (Fsp3) is 0.425. The highest BCUT2D eigenvalue weighted by Crippen LogP contribution is 2.56. The molecule has 8 aromatic rings. The van der Waals surface area contributed by atoms with Crippen LogP contribution < -0.4 is 26.2 Å². The molecule has 0 N–H and O–H groups in total. The van der Waals surface area contributed by atoms with E-state index in [2.05, 4.69) is 238 Å². The van der Waals surface area contributed by atoms with E-state index >= 15 is 0 Å². The van der Waals surface area contributed by atoms with Crippen LogP contribution in [0.3, 0.4) is 0 Å². The Morgan fingerprint density at radius 3 is 1.52 bits per heavy atom. The number of benzene rings is 7. The summed E-state index contributed by atoms with van der Waals surface area (Å²) in [5.74, 6) is 0. The third-order valence-corrected chi connectivity index (χ3v) is 22.0. The van der Waals surface area contributed by atoms with Crippen LogP contribution in [0.4, 0.5) is 34.1 Å². The zero-order valence-corrected chi connectivity index (χ0v) is 50.8. The highest BCUT2D eigenvalue weighted by Gasteiger charge is 2.49. The van der Waals surface area contributed by atoms with Gasteiger partial charge in [-0.3, -0.25) is 0 Å². The predicted octanol–water partition coefficient (Wildman–Crippen LogP) is 19.1. The fourth-order valence-electron chi connectivity index (χ4n) is 15.5. The van der Waals surface area contributed by atoms with Gasteiger partial charge in [-0.2, -0.15) is 0 Å². The Kier molecular flexibility index (Phi) is 10.8. The van der Waals surface area contributed by atoms with E-state index in [-0.39, 0.29) is 44.6 Å². The lowest BCUT2D eigenvalue weighted by molar-refractivity contribution is 0.332. The number of aryl methyl sites for hydroxylation is 3. The number of rotatable bonds is 3. The average Bonchev–Trinajstić information content (AvgIpc) is 3.88. The predicted molar refractivity (Wildman–Crippen MR) is 338 cm³/mol. The summed E-state index contributed by atoms with van der Waals surface area (Å²) in [7, 11) is 0. The molecule has 0 atom stereocenters. The third-order valence-electron chi connectivity index (χ3n) is 20.8. The quantitative estimate of drug-likeness (QED) is 0.163. The molecular formula is C73H83BN2S. The van der Waals surface area contributed by atoms with Gasteiger partial charge >= 0.3 is 0 Å². The molecule has 3 heterocycles. The lowest BCUT2D eigenvalue weighted by atomic mass is 9.33. The second-order valence-corrected chi connectivity index (χ2v) is 31.0. The van der Waals surface area contributed by atoms with Crippen LogP contribution in [0, 0.1) is 20.8 Å². The van der Waals surface area contributed by atoms with Crippen LogP contribution in [0.15, 0.2) is 103 Å². The zero-order chi connectivity index (χ0) is 54.6. The van der Waals surface area contributed by atoms with E-state index in [0.717, 1.165) is 0 Å². The maximum absolute atomic E-state index is 2.77. The van der Waals surface area contributed by atoms with Gasteiger partial charge in [-0.15, -0.1) is 11.3 Å². The van der Waals surface area contributed by atoms with Gasteiger partial charge in [0.15, 0.2) is 0 Å². The molecule has 0 spiro atoms. The molecule has 0 fully saturated rings. The van der Waals surface area contributed by atoms with Crippen molar-refractivity contribution in [3.63, 3.8) is 0 Å². The number of thiophene rings is 1. The molecule has 13 rings (SSSR count). The first-order chi connectivity index (χ1) is 36.0. The number of anilines is 6. The molecule has 1 aromatic heterocycles. The van der Waals surface area contributed by atoms with Crippen molar-refractivity contribution in [1.29, 1.82) is 0 Å². The van der Waals surface area contributed by atoms with Crippen molar-refractivity contribution in [2.45, 2.75) is 201 Å². The molecule has 0 saturated heterocycles. The lowest BCUT2D eigenvalue weighted by Crippen LogP contribution is -2.62. The van der Waals surface area contributed by atoms with Crippen LogP contribution in [0.5, 0.6) is 0 Å². The van der Waals surface area contributed by atoms with Gasteiger partial charge in [0.25, 0.3) is 6.71 Å². The molecule has 4 heteroatoms. The standard InChI is InChI=1S/C73H83BN2S/c1-42-20-19-21-43(2)63(42)45-35-60-64-61(36-45)76(58-40-54-51(34-44(58)3)69(9,10)30-32-72(54,15)16)57-27-25-49-48-24-22-46(67(4,5)6)37-62(48)77-66(49)65(57)74(64)56-39-53-55(73(17,18)33-31-71(53,13)14)41-59(56)75(60)47-23-26-50-52(38-47)70(11,12)29-28-68(50,7)8/h19-27,34-41H,28-33H2,1-18H3. The molecule has 0 bridgehead atoms. The number of hydrogen-bond donors (Lipinski definition) is 0. The largest absolute Gasteiger partial charge is 0.311 e. The first-order valence-corrected chi connectivity index (χ1v) is 30.1. The van der Waals surface area contributed by atoms with Gasteiger partial charge in [0.05, 0.1) is 0 Å². The number of fused-ring (bicyclic) bond motifs is 11. The van der Waals surface area contributed by atoms with Crippen LogP contribution in [0.2, 0.25) is 0 Å².